The number of aliphatic hydroxyl groups excluding tert-OH is 1. The number of hydrogen-bond donors (Lipinski definition) is 1. The van der Waals surface area contributed by atoms with Gasteiger partial charge in [-0.05, 0) is 25.2 Å². The van der Waals surface area contributed by atoms with Crippen LogP contribution in [0.15, 0.2) is 0 Å². The van der Waals surface area contributed by atoms with Crippen molar-refractivity contribution in [1.29, 1.82) is 0 Å². The lowest BCUT2D eigenvalue weighted by molar-refractivity contribution is 0.0241. The van der Waals surface area contributed by atoms with Gasteiger partial charge in [-0.2, -0.15) is 0 Å². The monoisotopic (exact) mass is 200 g/mol. The average Bonchev–Trinajstić information content (AvgIpc) is 2.99. The average molecular weight is 200 g/mol. The minimum atomic E-state index is -0.189. The SMILES string of the molecule is CCCCCCCOCC(O)C1CC1. The second-order valence-electron chi connectivity index (χ2n) is 4.39. The van der Waals surface area contributed by atoms with E-state index in [2.05, 4.69) is 6.92 Å². The third kappa shape index (κ3) is 5.61. The molecule has 0 heterocycles. The van der Waals surface area contributed by atoms with E-state index in [9.17, 15) is 5.11 Å². The zero-order valence-corrected chi connectivity index (χ0v) is 9.37. The van der Waals surface area contributed by atoms with E-state index >= 15 is 0 Å². The summed E-state index contributed by atoms with van der Waals surface area (Å²) in [7, 11) is 0. The fourth-order valence-electron chi connectivity index (χ4n) is 1.63. The smallest absolute Gasteiger partial charge is 0.0801 e. The highest BCUT2D eigenvalue weighted by molar-refractivity contribution is 4.80. The van der Waals surface area contributed by atoms with Gasteiger partial charge in [0.2, 0.25) is 0 Å². The fourth-order valence-corrected chi connectivity index (χ4v) is 1.63. The van der Waals surface area contributed by atoms with Crippen molar-refractivity contribution in [2.24, 2.45) is 5.92 Å². The van der Waals surface area contributed by atoms with Crippen molar-refractivity contribution in [2.45, 2.75) is 58.0 Å². The van der Waals surface area contributed by atoms with Gasteiger partial charge in [-0.3, -0.25) is 0 Å². The molecular weight excluding hydrogens is 176 g/mol. The lowest BCUT2D eigenvalue weighted by Gasteiger charge is -2.09. The van der Waals surface area contributed by atoms with Crippen molar-refractivity contribution >= 4 is 0 Å². The first-order chi connectivity index (χ1) is 6.84. The summed E-state index contributed by atoms with van der Waals surface area (Å²) >= 11 is 0. The minimum Gasteiger partial charge on any atom is -0.390 e. The van der Waals surface area contributed by atoms with Crippen molar-refractivity contribution in [3.05, 3.63) is 0 Å². The molecule has 0 bridgehead atoms. The third-order valence-corrected chi connectivity index (χ3v) is 2.85. The van der Waals surface area contributed by atoms with E-state index in [4.69, 9.17) is 4.74 Å². The first-order valence-corrected chi connectivity index (χ1v) is 6.10. The highest BCUT2D eigenvalue weighted by Crippen LogP contribution is 2.32. The van der Waals surface area contributed by atoms with Crippen LogP contribution in [0.25, 0.3) is 0 Å². The summed E-state index contributed by atoms with van der Waals surface area (Å²) in [6.45, 7) is 3.61. The summed E-state index contributed by atoms with van der Waals surface area (Å²) in [6, 6.07) is 0. The van der Waals surface area contributed by atoms with Crippen LogP contribution in [-0.2, 0) is 4.74 Å². The molecule has 0 amide bonds. The third-order valence-electron chi connectivity index (χ3n) is 2.85. The standard InChI is InChI=1S/C12H24O2/c1-2-3-4-5-6-9-14-10-12(13)11-7-8-11/h11-13H,2-10H2,1H3. The quantitative estimate of drug-likeness (QED) is 0.580. The van der Waals surface area contributed by atoms with Crippen molar-refractivity contribution in [3.63, 3.8) is 0 Å². The summed E-state index contributed by atoms with van der Waals surface area (Å²) < 4.78 is 5.43. The lowest BCUT2D eigenvalue weighted by atomic mass is 10.2. The van der Waals surface area contributed by atoms with Gasteiger partial charge in [-0.1, -0.05) is 32.6 Å². The van der Waals surface area contributed by atoms with E-state index in [0.29, 0.717) is 12.5 Å². The topological polar surface area (TPSA) is 29.5 Å². The van der Waals surface area contributed by atoms with Crippen LogP contribution in [0, 0.1) is 5.92 Å². The van der Waals surface area contributed by atoms with Crippen molar-refractivity contribution < 1.29 is 9.84 Å². The minimum absolute atomic E-state index is 0.189. The van der Waals surface area contributed by atoms with Crippen LogP contribution in [0.1, 0.15) is 51.9 Å². The van der Waals surface area contributed by atoms with Gasteiger partial charge in [0.05, 0.1) is 12.7 Å². The van der Waals surface area contributed by atoms with Crippen LogP contribution in [0.2, 0.25) is 0 Å². The molecule has 14 heavy (non-hydrogen) atoms. The van der Waals surface area contributed by atoms with Crippen molar-refractivity contribution in [2.75, 3.05) is 13.2 Å². The van der Waals surface area contributed by atoms with Crippen LogP contribution < -0.4 is 0 Å². The largest absolute Gasteiger partial charge is 0.390 e. The molecule has 1 atom stereocenters. The van der Waals surface area contributed by atoms with Crippen LogP contribution in [0.5, 0.6) is 0 Å². The van der Waals surface area contributed by atoms with Crippen molar-refractivity contribution in [3.8, 4) is 0 Å². The molecular formula is C12H24O2. The normalized spacial score (nSPS) is 18.4. The Hall–Kier alpha value is -0.0800. The van der Waals surface area contributed by atoms with E-state index in [1.807, 2.05) is 0 Å². The molecule has 2 nitrogen and oxygen atoms in total. The molecule has 0 aromatic heterocycles. The van der Waals surface area contributed by atoms with Crippen LogP contribution in [0.4, 0.5) is 0 Å². The molecule has 2 heteroatoms. The molecule has 0 spiro atoms. The second-order valence-corrected chi connectivity index (χ2v) is 4.39. The summed E-state index contributed by atoms with van der Waals surface area (Å²) in [5.41, 5.74) is 0. The molecule has 0 saturated heterocycles. The van der Waals surface area contributed by atoms with E-state index in [0.717, 1.165) is 13.0 Å². The van der Waals surface area contributed by atoms with E-state index in [1.54, 1.807) is 0 Å². The van der Waals surface area contributed by atoms with Gasteiger partial charge < -0.3 is 9.84 Å². The molecule has 84 valence electrons. The Bertz CT molecular complexity index is 132. The Kier molecular flexibility index (Phi) is 6.20. The van der Waals surface area contributed by atoms with Gasteiger partial charge in [0.1, 0.15) is 0 Å². The predicted octanol–water partition coefficient (Wildman–Crippen LogP) is 2.74. The first-order valence-electron chi connectivity index (χ1n) is 6.10. The van der Waals surface area contributed by atoms with Crippen LogP contribution in [0.3, 0.4) is 0 Å². The summed E-state index contributed by atoms with van der Waals surface area (Å²) in [4.78, 5) is 0. The molecule has 0 aromatic carbocycles. The lowest BCUT2D eigenvalue weighted by Crippen LogP contribution is -2.17. The van der Waals surface area contributed by atoms with E-state index in [-0.39, 0.29) is 6.10 Å². The summed E-state index contributed by atoms with van der Waals surface area (Å²) in [5, 5.41) is 9.50. The van der Waals surface area contributed by atoms with Gasteiger partial charge in [-0.15, -0.1) is 0 Å². The Morgan fingerprint density at radius 2 is 1.93 bits per heavy atom. The van der Waals surface area contributed by atoms with Crippen LogP contribution >= 0.6 is 0 Å². The highest BCUT2D eigenvalue weighted by atomic mass is 16.5. The summed E-state index contributed by atoms with van der Waals surface area (Å²) in [6.07, 6.45) is 8.58. The molecule has 1 rings (SSSR count). The molecule has 1 N–H and O–H groups in total. The maximum Gasteiger partial charge on any atom is 0.0801 e. The fraction of sp³-hybridized carbons (Fsp3) is 1.00. The molecule has 0 radical (unpaired) electrons. The number of ether oxygens (including phenoxy) is 1. The van der Waals surface area contributed by atoms with Gasteiger partial charge in [0, 0.05) is 6.61 Å². The maximum absolute atomic E-state index is 9.50. The van der Waals surface area contributed by atoms with Crippen LogP contribution in [-0.4, -0.2) is 24.4 Å². The van der Waals surface area contributed by atoms with Gasteiger partial charge in [0.25, 0.3) is 0 Å². The Labute approximate surface area is 87.7 Å². The number of rotatable bonds is 9. The molecule has 0 aromatic rings. The predicted molar refractivity (Wildman–Crippen MR) is 58.3 cm³/mol. The highest BCUT2D eigenvalue weighted by Gasteiger charge is 2.29. The van der Waals surface area contributed by atoms with Gasteiger partial charge >= 0.3 is 0 Å². The Morgan fingerprint density at radius 1 is 1.21 bits per heavy atom. The molecule has 1 unspecified atom stereocenters. The van der Waals surface area contributed by atoms with E-state index < -0.39 is 0 Å². The summed E-state index contributed by atoms with van der Waals surface area (Å²) in [5.74, 6) is 0.551. The molecule has 0 aliphatic heterocycles. The molecule has 1 saturated carbocycles. The van der Waals surface area contributed by atoms with E-state index in [1.165, 1.54) is 38.5 Å². The molecule has 1 fully saturated rings. The maximum atomic E-state index is 9.50. The Morgan fingerprint density at radius 3 is 2.57 bits per heavy atom. The van der Waals surface area contributed by atoms with Crippen molar-refractivity contribution in [1.82, 2.24) is 0 Å². The second kappa shape index (κ2) is 7.24. The Balaban J connectivity index is 1.75. The molecule has 1 aliphatic carbocycles. The van der Waals surface area contributed by atoms with Gasteiger partial charge in [0.15, 0.2) is 0 Å². The molecule has 1 aliphatic rings. The first kappa shape index (κ1) is 12.0. The zero-order chi connectivity index (χ0) is 10.2. The number of hydrogen-bond acceptors (Lipinski definition) is 2. The van der Waals surface area contributed by atoms with Gasteiger partial charge in [-0.25, -0.2) is 0 Å². The zero-order valence-electron chi connectivity index (χ0n) is 9.37. The number of unbranched alkanes of at least 4 members (excludes halogenated alkanes) is 4. The number of aliphatic hydroxyl groups is 1.